The molecule has 0 atom stereocenters. The third-order valence-corrected chi connectivity index (χ3v) is 1.68. The van der Waals surface area contributed by atoms with E-state index in [0.29, 0.717) is 30.0 Å². The first-order chi connectivity index (χ1) is 7.10. The summed E-state index contributed by atoms with van der Waals surface area (Å²) in [4.78, 5) is 10.4. The fourth-order valence-electron chi connectivity index (χ4n) is 0.884. The molecule has 1 rings (SSSR count). The van der Waals surface area contributed by atoms with Crippen molar-refractivity contribution >= 4 is 17.2 Å². The van der Waals surface area contributed by atoms with Crippen molar-refractivity contribution in [3.8, 4) is 0 Å². The van der Waals surface area contributed by atoms with E-state index in [1.807, 2.05) is 6.92 Å². The number of Topliss-reactive ketones (excluding diaryl/α,β-unsaturated/α-hetero) is 1. The van der Waals surface area contributed by atoms with Gasteiger partial charge in [-0.05, 0) is 6.42 Å². The number of carbonyl (C=O) groups excluding carboxylic acids is 1. The van der Waals surface area contributed by atoms with Crippen LogP contribution in [-0.2, 0) is 37.5 Å². The van der Waals surface area contributed by atoms with Gasteiger partial charge in [0.05, 0.1) is 0 Å². The largest absolute Gasteiger partial charge is 0.449 e. The first-order valence-electron chi connectivity index (χ1n) is 4.93. The molecule has 4 heteroatoms. The minimum absolute atomic E-state index is 0. The molecule has 0 saturated heterocycles. The van der Waals surface area contributed by atoms with Crippen molar-refractivity contribution in [2.24, 2.45) is 0 Å². The average molecular weight is 295 g/mol. The van der Waals surface area contributed by atoms with Crippen LogP contribution in [0, 0.1) is 13.0 Å². The summed E-state index contributed by atoms with van der Waals surface area (Å²) < 4.78 is 0. The van der Waals surface area contributed by atoms with Crippen LogP contribution in [0.4, 0.5) is 11.4 Å². The molecule has 3 nitrogen and oxygen atoms in total. The molecule has 0 fully saturated rings. The molecule has 0 spiro atoms. The summed E-state index contributed by atoms with van der Waals surface area (Å²) in [5, 5.41) is 0. The van der Waals surface area contributed by atoms with Gasteiger partial charge in [0.1, 0.15) is 5.78 Å². The standard InChI is InChI=1S/C6H7N2.C6H11O.Y/c7-5-2-1-3-6(8)4-5;1-3-5-6(7)4-2;/h2-4H,7-8H2;1,3-5H2,2H3;/q2*-1;. The van der Waals surface area contributed by atoms with Crippen molar-refractivity contribution in [3.05, 3.63) is 31.2 Å². The maximum atomic E-state index is 10.4. The Bertz CT molecular complexity index is 286. The summed E-state index contributed by atoms with van der Waals surface area (Å²) in [5.74, 6) is 0.315. The normalized spacial score (nSPS) is 8.38. The summed E-state index contributed by atoms with van der Waals surface area (Å²) in [6.45, 7) is 5.43. The molecule has 0 aliphatic rings. The second-order valence-corrected chi connectivity index (χ2v) is 3.10. The van der Waals surface area contributed by atoms with Gasteiger partial charge >= 0.3 is 0 Å². The average Bonchev–Trinajstić information content (AvgIpc) is 2.18. The molecule has 0 heterocycles. The number of hydrogen-bond acceptors (Lipinski definition) is 3. The SMILES string of the molecule is Nc1c[c-]cc(N)c1.[CH2-]CCC(=O)CC.[Y]. The molecule has 0 aromatic heterocycles. The summed E-state index contributed by atoms with van der Waals surface area (Å²) in [6.07, 6.45) is 2.05. The Balaban J connectivity index is 0. The Labute approximate surface area is 123 Å². The molecule has 87 valence electrons. The zero-order valence-electron chi connectivity index (χ0n) is 9.70. The number of ketones is 1. The van der Waals surface area contributed by atoms with Crippen LogP contribution in [0.15, 0.2) is 18.2 Å². The predicted octanol–water partition coefficient (Wildman–Crippen LogP) is 2.23. The van der Waals surface area contributed by atoms with Crippen LogP contribution in [0.5, 0.6) is 0 Å². The third kappa shape index (κ3) is 10.1. The zero-order valence-corrected chi connectivity index (χ0v) is 12.5. The number of benzene rings is 1. The van der Waals surface area contributed by atoms with Gasteiger partial charge < -0.3 is 18.4 Å². The topological polar surface area (TPSA) is 69.1 Å². The van der Waals surface area contributed by atoms with E-state index in [4.69, 9.17) is 11.5 Å². The van der Waals surface area contributed by atoms with Crippen LogP contribution < -0.4 is 11.5 Å². The van der Waals surface area contributed by atoms with E-state index >= 15 is 0 Å². The zero-order chi connectivity index (χ0) is 11.7. The van der Waals surface area contributed by atoms with Crippen LogP contribution in [0.25, 0.3) is 0 Å². The van der Waals surface area contributed by atoms with Crippen LogP contribution in [0.3, 0.4) is 0 Å². The number of anilines is 2. The fourth-order valence-corrected chi connectivity index (χ4v) is 0.884. The van der Waals surface area contributed by atoms with Gasteiger partial charge in [0.15, 0.2) is 0 Å². The van der Waals surface area contributed by atoms with Crippen molar-refractivity contribution in [2.75, 3.05) is 11.5 Å². The molecule has 0 aliphatic carbocycles. The van der Waals surface area contributed by atoms with Gasteiger partial charge in [-0.25, -0.2) is 0 Å². The number of hydrogen-bond donors (Lipinski definition) is 2. The van der Waals surface area contributed by atoms with E-state index in [1.54, 1.807) is 18.2 Å². The smallest absolute Gasteiger partial charge is 0.130 e. The minimum atomic E-state index is 0. The second-order valence-electron chi connectivity index (χ2n) is 3.10. The fraction of sp³-hybridized carbons (Fsp3) is 0.333. The van der Waals surface area contributed by atoms with Crippen molar-refractivity contribution < 1.29 is 37.5 Å². The Morgan fingerprint density at radius 3 is 2.06 bits per heavy atom. The maximum Gasteiger partial charge on any atom is 0.130 e. The van der Waals surface area contributed by atoms with E-state index in [9.17, 15) is 4.79 Å². The molecule has 1 aromatic rings. The van der Waals surface area contributed by atoms with Gasteiger partial charge in [0.2, 0.25) is 0 Å². The molecule has 0 amide bonds. The van der Waals surface area contributed by atoms with Gasteiger partial charge in [-0.3, -0.25) is 4.79 Å². The molecule has 0 aliphatic heterocycles. The van der Waals surface area contributed by atoms with E-state index in [-0.39, 0.29) is 32.7 Å². The Morgan fingerprint density at radius 1 is 1.38 bits per heavy atom. The molecular weight excluding hydrogens is 277 g/mol. The quantitative estimate of drug-likeness (QED) is 0.663. The first-order valence-corrected chi connectivity index (χ1v) is 4.93. The van der Waals surface area contributed by atoms with Crippen LogP contribution in [0.1, 0.15) is 26.2 Å². The molecule has 16 heavy (non-hydrogen) atoms. The maximum absolute atomic E-state index is 10.4. The van der Waals surface area contributed by atoms with E-state index in [1.165, 1.54) is 0 Å². The van der Waals surface area contributed by atoms with Gasteiger partial charge in [0, 0.05) is 39.1 Å². The molecule has 1 aromatic carbocycles. The van der Waals surface area contributed by atoms with Crippen LogP contribution >= 0.6 is 0 Å². The number of nitrogens with two attached hydrogens (primary N) is 2. The van der Waals surface area contributed by atoms with Crippen molar-refractivity contribution in [2.45, 2.75) is 26.2 Å². The third-order valence-electron chi connectivity index (χ3n) is 1.68. The van der Waals surface area contributed by atoms with Crippen molar-refractivity contribution in [1.29, 1.82) is 0 Å². The van der Waals surface area contributed by atoms with Gasteiger partial charge in [-0.1, -0.05) is 18.3 Å². The minimum Gasteiger partial charge on any atom is -0.449 e. The predicted molar refractivity (Wildman–Crippen MR) is 64.0 cm³/mol. The Hall–Kier alpha value is -0.406. The first kappa shape index (κ1) is 18.0. The second kappa shape index (κ2) is 11.1. The molecular formula is C12H18N2OY-2. The summed E-state index contributed by atoms with van der Waals surface area (Å²) in [5.41, 5.74) is 12.0. The molecule has 0 saturated carbocycles. The van der Waals surface area contributed by atoms with E-state index < -0.39 is 0 Å². The van der Waals surface area contributed by atoms with Crippen molar-refractivity contribution in [1.82, 2.24) is 0 Å². The monoisotopic (exact) mass is 295 g/mol. The van der Waals surface area contributed by atoms with Crippen LogP contribution in [0.2, 0.25) is 0 Å². The molecule has 0 unspecified atom stereocenters. The Morgan fingerprint density at radius 2 is 1.88 bits per heavy atom. The van der Waals surface area contributed by atoms with Crippen LogP contribution in [-0.4, -0.2) is 5.78 Å². The number of nitrogen functional groups attached to an aromatic ring is 2. The Kier molecular flexibility index (Phi) is 12.5. The van der Waals surface area contributed by atoms with Crippen molar-refractivity contribution in [3.63, 3.8) is 0 Å². The number of rotatable bonds is 3. The van der Waals surface area contributed by atoms with Gasteiger partial charge in [-0.2, -0.15) is 24.6 Å². The van der Waals surface area contributed by atoms with E-state index in [0.717, 1.165) is 6.42 Å². The summed E-state index contributed by atoms with van der Waals surface area (Å²) in [7, 11) is 0. The molecule has 4 N–H and O–H groups in total. The molecule has 1 radical (unpaired) electrons. The summed E-state index contributed by atoms with van der Waals surface area (Å²) in [6, 6.07) is 7.82. The number of carbonyl (C=O) groups is 1. The van der Waals surface area contributed by atoms with Gasteiger partial charge in [-0.15, -0.1) is 6.07 Å². The summed E-state index contributed by atoms with van der Waals surface area (Å²) >= 11 is 0. The van der Waals surface area contributed by atoms with E-state index in [2.05, 4.69) is 13.0 Å². The molecule has 0 bridgehead atoms. The van der Waals surface area contributed by atoms with Gasteiger partial charge in [0.25, 0.3) is 0 Å².